The van der Waals surface area contributed by atoms with Gasteiger partial charge < -0.3 is 29.6 Å². The summed E-state index contributed by atoms with van der Waals surface area (Å²) in [6.45, 7) is 1.20. The first-order chi connectivity index (χ1) is 14.5. The monoisotopic (exact) mass is 454 g/mol. The minimum absolute atomic E-state index is 0.0105. The fourth-order valence-electron chi connectivity index (χ4n) is 3.05. The Bertz CT molecular complexity index is 888. The highest BCUT2D eigenvalue weighted by Crippen LogP contribution is 2.36. The van der Waals surface area contributed by atoms with Gasteiger partial charge in [-0.25, -0.2) is 0 Å². The van der Waals surface area contributed by atoms with Crippen molar-refractivity contribution in [2.24, 2.45) is 0 Å². The topological polar surface area (TPSA) is 78.1 Å². The number of methoxy groups -OCH3 is 2. The average molecular weight is 455 g/mol. The van der Waals surface area contributed by atoms with Gasteiger partial charge in [0, 0.05) is 17.7 Å². The minimum atomic E-state index is -0.292. The highest BCUT2D eigenvalue weighted by Gasteiger charge is 2.17. The highest BCUT2D eigenvalue weighted by molar-refractivity contribution is 6.32. The predicted octanol–water partition coefficient (Wildman–Crippen LogP) is 4.62. The van der Waals surface area contributed by atoms with Gasteiger partial charge in [-0.05, 0) is 37.1 Å². The summed E-state index contributed by atoms with van der Waals surface area (Å²) in [5.74, 6) is 1.21. The second kappa shape index (κ2) is 10.6. The number of nitrogens with one attached hydrogen (secondary N) is 2. The van der Waals surface area contributed by atoms with E-state index in [9.17, 15) is 4.79 Å². The van der Waals surface area contributed by atoms with Gasteiger partial charge in [0.1, 0.15) is 23.9 Å². The summed E-state index contributed by atoms with van der Waals surface area (Å²) < 4.78 is 21.9. The van der Waals surface area contributed by atoms with Crippen molar-refractivity contribution in [2.45, 2.75) is 18.9 Å². The molecule has 1 aliphatic heterocycles. The predicted molar refractivity (Wildman–Crippen MR) is 118 cm³/mol. The van der Waals surface area contributed by atoms with E-state index in [1.54, 1.807) is 30.3 Å². The maximum Gasteiger partial charge on any atom is 0.243 e. The molecule has 0 saturated carbocycles. The Hall–Kier alpha value is -2.35. The van der Waals surface area contributed by atoms with E-state index in [2.05, 4.69) is 10.6 Å². The number of anilines is 2. The van der Waals surface area contributed by atoms with Gasteiger partial charge in [0.15, 0.2) is 0 Å². The van der Waals surface area contributed by atoms with Crippen molar-refractivity contribution < 1.29 is 23.7 Å². The molecule has 0 aromatic heterocycles. The summed E-state index contributed by atoms with van der Waals surface area (Å²) in [5.41, 5.74) is 1.06. The summed E-state index contributed by atoms with van der Waals surface area (Å²) >= 11 is 12.3. The molecule has 2 aromatic rings. The molecule has 162 valence electrons. The van der Waals surface area contributed by atoms with Gasteiger partial charge in [0.05, 0.1) is 43.3 Å². The number of benzene rings is 2. The Kier molecular flexibility index (Phi) is 7.90. The van der Waals surface area contributed by atoms with Crippen molar-refractivity contribution in [1.29, 1.82) is 0 Å². The van der Waals surface area contributed by atoms with Crippen LogP contribution in [-0.2, 0) is 9.53 Å². The van der Waals surface area contributed by atoms with Gasteiger partial charge in [0.2, 0.25) is 5.91 Å². The van der Waals surface area contributed by atoms with Gasteiger partial charge in [-0.1, -0.05) is 23.2 Å². The van der Waals surface area contributed by atoms with Crippen LogP contribution in [0.1, 0.15) is 12.8 Å². The lowest BCUT2D eigenvalue weighted by molar-refractivity contribution is -0.114. The van der Waals surface area contributed by atoms with Crippen LogP contribution in [0, 0.1) is 0 Å². The van der Waals surface area contributed by atoms with Crippen LogP contribution in [-0.4, -0.2) is 46.0 Å². The van der Waals surface area contributed by atoms with E-state index in [-0.39, 0.29) is 18.6 Å². The van der Waals surface area contributed by atoms with Gasteiger partial charge in [-0.15, -0.1) is 0 Å². The van der Waals surface area contributed by atoms with E-state index in [1.807, 2.05) is 0 Å². The van der Waals surface area contributed by atoms with Gasteiger partial charge in [-0.2, -0.15) is 0 Å². The van der Waals surface area contributed by atoms with Crippen molar-refractivity contribution in [3.63, 3.8) is 0 Å². The molecule has 0 bridgehead atoms. The summed E-state index contributed by atoms with van der Waals surface area (Å²) in [6.07, 6.45) is 2.10. The molecule has 1 unspecified atom stereocenters. The zero-order valence-corrected chi connectivity index (χ0v) is 18.3. The Labute approximate surface area is 185 Å². The fraction of sp³-hybridized carbons (Fsp3) is 0.381. The van der Waals surface area contributed by atoms with Crippen molar-refractivity contribution in [3.05, 3.63) is 40.4 Å². The number of hydrogen-bond acceptors (Lipinski definition) is 6. The van der Waals surface area contributed by atoms with E-state index >= 15 is 0 Å². The molecule has 3 rings (SSSR count). The number of carbonyl (C=O) groups is 1. The quantitative estimate of drug-likeness (QED) is 0.575. The van der Waals surface area contributed by atoms with Crippen molar-refractivity contribution in [2.75, 3.05) is 44.6 Å². The molecule has 7 nitrogen and oxygen atoms in total. The number of halogens is 2. The van der Waals surface area contributed by atoms with E-state index in [0.29, 0.717) is 45.3 Å². The van der Waals surface area contributed by atoms with Crippen LogP contribution in [0.15, 0.2) is 30.3 Å². The number of carbonyl (C=O) groups excluding carboxylic acids is 1. The number of amides is 1. The van der Waals surface area contributed by atoms with Crippen LogP contribution in [0.3, 0.4) is 0 Å². The van der Waals surface area contributed by atoms with E-state index in [1.165, 1.54) is 14.2 Å². The number of rotatable bonds is 9. The third-order valence-corrected chi connectivity index (χ3v) is 5.11. The first kappa shape index (κ1) is 22.3. The molecular weight excluding hydrogens is 431 g/mol. The lowest BCUT2D eigenvalue weighted by Gasteiger charge is -2.17. The van der Waals surface area contributed by atoms with Crippen LogP contribution in [0.5, 0.6) is 17.2 Å². The standard InChI is InChI=1S/C21H24Cl2N2O5/c1-27-19-10-20(28-2)17(9-15(19)23)25-21(26)11-24-16-8-13(22)5-6-18(16)30-12-14-4-3-7-29-14/h5-6,8-10,14,24H,3-4,7,11-12H2,1-2H3,(H,25,26). The Morgan fingerprint density at radius 2 is 1.90 bits per heavy atom. The molecule has 30 heavy (non-hydrogen) atoms. The van der Waals surface area contributed by atoms with Crippen molar-refractivity contribution in [1.82, 2.24) is 0 Å². The molecule has 1 aliphatic rings. The number of ether oxygens (including phenoxy) is 4. The molecule has 1 fully saturated rings. The lowest BCUT2D eigenvalue weighted by Crippen LogP contribution is -2.23. The molecular formula is C21H24Cl2N2O5. The van der Waals surface area contributed by atoms with E-state index in [0.717, 1.165) is 19.4 Å². The lowest BCUT2D eigenvalue weighted by atomic mass is 10.2. The second-order valence-corrected chi connectivity index (χ2v) is 7.52. The molecule has 2 aromatic carbocycles. The minimum Gasteiger partial charge on any atom is -0.495 e. The molecule has 1 heterocycles. The first-order valence-corrected chi connectivity index (χ1v) is 10.2. The third-order valence-electron chi connectivity index (χ3n) is 4.58. The fourth-order valence-corrected chi connectivity index (χ4v) is 3.47. The summed E-state index contributed by atoms with van der Waals surface area (Å²) in [6, 6.07) is 8.40. The van der Waals surface area contributed by atoms with E-state index < -0.39 is 0 Å². The zero-order valence-electron chi connectivity index (χ0n) is 16.8. The average Bonchev–Trinajstić information content (AvgIpc) is 3.25. The van der Waals surface area contributed by atoms with Crippen molar-refractivity contribution >= 4 is 40.5 Å². The normalized spacial score (nSPS) is 15.5. The maximum atomic E-state index is 12.5. The molecule has 0 aliphatic carbocycles. The Morgan fingerprint density at radius 1 is 1.10 bits per heavy atom. The van der Waals surface area contributed by atoms with E-state index in [4.69, 9.17) is 42.1 Å². The molecule has 0 spiro atoms. The SMILES string of the molecule is COc1cc(OC)c(NC(=O)CNc2cc(Cl)ccc2OCC2CCCO2)cc1Cl. The third kappa shape index (κ3) is 5.84. The van der Waals surface area contributed by atoms with Crippen LogP contribution in [0.25, 0.3) is 0 Å². The zero-order chi connectivity index (χ0) is 21.5. The number of hydrogen-bond donors (Lipinski definition) is 2. The van der Waals surface area contributed by atoms with Crippen LogP contribution < -0.4 is 24.8 Å². The van der Waals surface area contributed by atoms with Crippen LogP contribution >= 0.6 is 23.2 Å². The summed E-state index contributed by atoms with van der Waals surface area (Å²) in [4.78, 5) is 12.5. The van der Waals surface area contributed by atoms with Gasteiger partial charge in [0.25, 0.3) is 0 Å². The van der Waals surface area contributed by atoms with Gasteiger partial charge in [-0.3, -0.25) is 4.79 Å². The molecule has 0 radical (unpaired) electrons. The maximum absolute atomic E-state index is 12.5. The smallest absolute Gasteiger partial charge is 0.243 e. The molecule has 1 atom stereocenters. The van der Waals surface area contributed by atoms with Crippen molar-refractivity contribution in [3.8, 4) is 17.2 Å². The summed E-state index contributed by atoms with van der Waals surface area (Å²) in [5, 5.41) is 6.73. The summed E-state index contributed by atoms with van der Waals surface area (Å²) in [7, 11) is 3.01. The molecule has 1 saturated heterocycles. The van der Waals surface area contributed by atoms with Gasteiger partial charge >= 0.3 is 0 Å². The molecule has 1 amide bonds. The Morgan fingerprint density at radius 3 is 2.60 bits per heavy atom. The second-order valence-electron chi connectivity index (χ2n) is 6.68. The largest absolute Gasteiger partial charge is 0.495 e. The van der Waals surface area contributed by atoms with Crippen LogP contribution in [0.2, 0.25) is 10.0 Å². The molecule has 2 N–H and O–H groups in total. The highest BCUT2D eigenvalue weighted by atomic mass is 35.5. The first-order valence-electron chi connectivity index (χ1n) is 9.49. The molecule has 9 heteroatoms. The Balaban J connectivity index is 1.63. The van der Waals surface area contributed by atoms with Crippen LogP contribution in [0.4, 0.5) is 11.4 Å².